The predicted octanol–water partition coefficient (Wildman–Crippen LogP) is 1.96. The van der Waals surface area contributed by atoms with Gasteiger partial charge in [0, 0.05) is 0 Å². The molecule has 1 aliphatic rings. The second-order valence-electron chi connectivity index (χ2n) is 4.07. The number of hydrogen-bond donors (Lipinski definition) is 2. The van der Waals surface area contributed by atoms with Gasteiger partial charge in [-0.05, 0) is 49.5 Å². The Labute approximate surface area is 101 Å². The molecule has 4 heteroatoms. The van der Waals surface area contributed by atoms with Gasteiger partial charge in [-0.1, -0.05) is 12.1 Å². The van der Waals surface area contributed by atoms with E-state index in [1.165, 1.54) is 12.0 Å². The maximum atomic E-state index is 10.6. The number of halogens is 1. The summed E-state index contributed by atoms with van der Waals surface area (Å²) in [5.74, 6) is -0.0473. The van der Waals surface area contributed by atoms with Gasteiger partial charge in [0.1, 0.15) is 0 Å². The summed E-state index contributed by atoms with van der Waals surface area (Å²) < 4.78 is 0. The summed E-state index contributed by atoms with van der Waals surface area (Å²) in [4.78, 5) is 10.6. The standard InChI is InChI=1S/C12H15NO2.ClH/c14-12(15)11-5-3-9(4-6-11)1-2-10-7-13-8-10;/h3-6,10,13H,1-2,7-8H2,(H,14,15);1H. The summed E-state index contributed by atoms with van der Waals surface area (Å²) >= 11 is 0. The van der Waals surface area contributed by atoms with Gasteiger partial charge in [0.2, 0.25) is 0 Å². The fraction of sp³-hybridized carbons (Fsp3) is 0.417. The number of rotatable bonds is 4. The van der Waals surface area contributed by atoms with E-state index in [9.17, 15) is 4.79 Å². The first kappa shape index (κ1) is 13.0. The molecule has 0 radical (unpaired) electrons. The second-order valence-corrected chi connectivity index (χ2v) is 4.07. The van der Waals surface area contributed by atoms with E-state index in [1.54, 1.807) is 12.1 Å². The van der Waals surface area contributed by atoms with Crippen LogP contribution in [0.25, 0.3) is 0 Å². The van der Waals surface area contributed by atoms with Crippen molar-refractivity contribution in [2.75, 3.05) is 13.1 Å². The van der Waals surface area contributed by atoms with Crippen molar-refractivity contribution in [3.05, 3.63) is 35.4 Å². The molecule has 0 atom stereocenters. The molecule has 3 nitrogen and oxygen atoms in total. The van der Waals surface area contributed by atoms with Crippen molar-refractivity contribution in [3.63, 3.8) is 0 Å². The van der Waals surface area contributed by atoms with E-state index < -0.39 is 5.97 Å². The van der Waals surface area contributed by atoms with Crippen molar-refractivity contribution in [2.45, 2.75) is 12.8 Å². The zero-order valence-electron chi connectivity index (χ0n) is 8.98. The Morgan fingerprint density at radius 3 is 2.38 bits per heavy atom. The summed E-state index contributed by atoms with van der Waals surface area (Å²) in [6.07, 6.45) is 2.24. The molecule has 1 fully saturated rings. The van der Waals surface area contributed by atoms with Crippen molar-refractivity contribution in [2.24, 2.45) is 5.92 Å². The van der Waals surface area contributed by atoms with Gasteiger partial charge < -0.3 is 10.4 Å². The van der Waals surface area contributed by atoms with Crippen LogP contribution in [0, 0.1) is 5.92 Å². The van der Waals surface area contributed by atoms with E-state index in [1.807, 2.05) is 12.1 Å². The Hall–Kier alpha value is -1.06. The molecule has 0 spiro atoms. The van der Waals surface area contributed by atoms with Crippen LogP contribution < -0.4 is 5.32 Å². The third kappa shape index (κ3) is 3.22. The van der Waals surface area contributed by atoms with Crippen LogP contribution in [-0.2, 0) is 6.42 Å². The zero-order valence-corrected chi connectivity index (χ0v) is 9.80. The molecular formula is C12H16ClNO2. The molecule has 0 aliphatic carbocycles. The second kappa shape index (κ2) is 5.87. The molecule has 16 heavy (non-hydrogen) atoms. The lowest BCUT2D eigenvalue weighted by Crippen LogP contribution is -2.42. The maximum Gasteiger partial charge on any atom is 0.335 e. The van der Waals surface area contributed by atoms with Gasteiger partial charge in [0.25, 0.3) is 0 Å². The Morgan fingerprint density at radius 2 is 1.94 bits per heavy atom. The van der Waals surface area contributed by atoms with Crippen molar-refractivity contribution in [3.8, 4) is 0 Å². The first-order valence-electron chi connectivity index (χ1n) is 5.28. The largest absolute Gasteiger partial charge is 0.478 e. The summed E-state index contributed by atoms with van der Waals surface area (Å²) in [6.45, 7) is 2.26. The highest BCUT2D eigenvalue weighted by Gasteiger charge is 2.15. The van der Waals surface area contributed by atoms with Crippen LogP contribution in [0.2, 0.25) is 0 Å². The van der Waals surface area contributed by atoms with Gasteiger partial charge >= 0.3 is 5.97 Å². The number of carboxylic acid groups (broad SMARTS) is 1. The number of benzene rings is 1. The minimum Gasteiger partial charge on any atom is -0.478 e. The van der Waals surface area contributed by atoms with Crippen LogP contribution in [0.3, 0.4) is 0 Å². The van der Waals surface area contributed by atoms with Gasteiger partial charge in [-0.25, -0.2) is 4.79 Å². The highest BCUT2D eigenvalue weighted by atomic mass is 35.5. The number of carbonyl (C=O) groups is 1. The molecule has 0 amide bonds. The topological polar surface area (TPSA) is 49.3 Å². The molecule has 88 valence electrons. The first-order valence-corrected chi connectivity index (χ1v) is 5.28. The van der Waals surface area contributed by atoms with Crippen molar-refractivity contribution in [1.29, 1.82) is 0 Å². The lowest BCUT2D eigenvalue weighted by molar-refractivity contribution is 0.0697. The normalized spacial score (nSPS) is 15.0. The predicted molar refractivity (Wildman–Crippen MR) is 65.3 cm³/mol. The van der Waals surface area contributed by atoms with E-state index in [0.29, 0.717) is 5.56 Å². The van der Waals surface area contributed by atoms with Crippen molar-refractivity contribution < 1.29 is 9.90 Å². The van der Waals surface area contributed by atoms with Crippen LogP contribution in [0.4, 0.5) is 0 Å². The molecule has 1 heterocycles. The smallest absolute Gasteiger partial charge is 0.335 e. The minimum absolute atomic E-state index is 0. The third-order valence-corrected chi connectivity index (χ3v) is 2.91. The van der Waals surface area contributed by atoms with Crippen molar-refractivity contribution in [1.82, 2.24) is 5.32 Å². The summed E-state index contributed by atoms with van der Waals surface area (Å²) in [5, 5.41) is 12.0. The number of carboxylic acids is 1. The van der Waals surface area contributed by atoms with Gasteiger partial charge in [-0.2, -0.15) is 0 Å². The number of hydrogen-bond acceptors (Lipinski definition) is 2. The van der Waals surface area contributed by atoms with E-state index in [2.05, 4.69) is 5.32 Å². The lowest BCUT2D eigenvalue weighted by atomic mass is 9.94. The number of aryl methyl sites for hydroxylation is 1. The average Bonchev–Trinajstić information content (AvgIpc) is 2.16. The SMILES string of the molecule is Cl.O=C(O)c1ccc(CCC2CNC2)cc1. The lowest BCUT2D eigenvalue weighted by Gasteiger charge is -2.26. The van der Waals surface area contributed by atoms with Crippen LogP contribution in [0.15, 0.2) is 24.3 Å². The fourth-order valence-electron chi connectivity index (χ4n) is 1.74. The number of aromatic carboxylic acids is 1. The third-order valence-electron chi connectivity index (χ3n) is 2.91. The van der Waals surface area contributed by atoms with E-state index in [0.717, 1.165) is 25.4 Å². The molecule has 2 rings (SSSR count). The van der Waals surface area contributed by atoms with Gasteiger partial charge in [-0.3, -0.25) is 0 Å². The molecular weight excluding hydrogens is 226 g/mol. The Kier molecular flexibility index (Phi) is 4.77. The molecule has 1 aliphatic heterocycles. The van der Waals surface area contributed by atoms with Crippen molar-refractivity contribution >= 4 is 18.4 Å². The molecule has 1 saturated heterocycles. The van der Waals surface area contributed by atoms with E-state index >= 15 is 0 Å². The maximum absolute atomic E-state index is 10.6. The number of nitrogens with one attached hydrogen (secondary N) is 1. The highest BCUT2D eigenvalue weighted by Crippen LogP contribution is 2.14. The van der Waals surface area contributed by atoms with Crippen LogP contribution in [0.5, 0.6) is 0 Å². The molecule has 1 aromatic rings. The highest BCUT2D eigenvalue weighted by molar-refractivity contribution is 5.87. The summed E-state index contributed by atoms with van der Waals surface area (Å²) in [6, 6.07) is 7.18. The van der Waals surface area contributed by atoms with E-state index in [-0.39, 0.29) is 12.4 Å². The molecule has 0 aromatic heterocycles. The van der Waals surface area contributed by atoms with E-state index in [4.69, 9.17) is 5.11 Å². The fourth-order valence-corrected chi connectivity index (χ4v) is 1.74. The van der Waals surface area contributed by atoms with Crippen LogP contribution >= 0.6 is 12.4 Å². The van der Waals surface area contributed by atoms with Crippen LogP contribution in [-0.4, -0.2) is 24.2 Å². The molecule has 1 aromatic carbocycles. The zero-order chi connectivity index (χ0) is 10.7. The molecule has 0 bridgehead atoms. The molecule has 0 unspecified atom stereocenters. The first-order chi connectivity index (χ1) is 7.25. The van der Waals surface area contributed by atoms with Gasteiger partial charge in [-0.15, -0.1) is 12.4 Å². The quantitative estimate of drug-likeness (QED) is 0.847. The van der Waals surface area contributed by atoms with Gasteiger partial charge in [0.05, 0.1) is 5.56 Å². The average molecular weight is 242 g/mol. The van der Waals surface area contributed by atoms with Gasteiger partial charge in [0.15, 0.2) is 0 Å². The Balaban J connectivity index is 0.00000128. The minimum atomic E-state index is -0.857. The molecule has 0 saturated carbocycles. The van der Waals surface area contributed by atoms with Crippen LogP contribution in [0.1, 0.15) is 22.3 Å². The monoisotopic (exact) mass is 241 g/mol. The Bertz CT molecular complexity index is 347. The summed E-state index contributed by atoms with van der Waals surface area (Å²) in [5.41, 5.74) is 1.59. The Morgan fingerprint density at radius 1 is 1.31 bits per heavy atom. The summed E-state index contributed by atoms with van der Waals surface area (Å²) in [7, 11) is 0. The molecule has 2 N–H and O–H groups in total.